The zero-order valence-corrected chi connectivity index (χ0v) is 20.7. The van der Waals surface area contributed by atoms with Crippen molar-refractivity contribution in [1.29, 1.82) is 0 Å². The van der Waals surface area contributed by atoms with Crippen LogP contribution in [0.3, 0.4) is 0 Å². The van der Waals surface area contributed by atoms with Crippen molar-refractivity contribution in [1.82, 2.24) is 0 Å². The zero-order valence-electron chi connectivity index (χ0n) is 20.7. The molecule has 0 spiro atoms. The van der Waals surface area contributed by atoms with Crippen LogP contribution in [0.1, 0.15) is 71.1 Å². The van der Waals surface area contributed by atoms with E-state index in [1.165, 1.54) is 44.9 Å². The molecule has 10 atom stereocenters. The molecular weight excluding hydrogens is 464 g/mol. The van der Waals surface area contributed by atoms with Crippen LogP contribution in [-0.2, 0) is 28.7 Å². The monoisotopic (exact) mass is 508 g/mol. The number of rotatable bonds is 12. The predicted octanol–water partition coefficient (Wildman–Crippen LogP) is 0.525. The van der Waals surface area contributed by atoms with Gasteiger partial charge in [-0.1, -0.05) is 64.7 Å². The number of aliphatic hydroxyl groups excluding tert-OH is 5. The molecule has 206 valence electrons. The summed E-state index contributed by atoms with van der Waals surface area (Å²) in [6, 6.07) is 0. The lowest BCUT2D eigenvalue weighted by atomic mass is 9.97. The Morgan fingerprint density at radius 1 is 0.600 bits per heavy atom. The number of unbranched alkanes of at least 4 members (excludes halogenated alkanes) is 9. The molecule has 35 heavy (non-hydrogen) atoms. The third kappa shape index (κ3) is 8.27. The zero-order chi connectivity index (χ0) is 25.2. The Morgan fingerprint density at radius 2 is 1.20 bits per heavy atom. The average Bonchev–Trinajstić information content (AvgIpc) is 2.86. The van der Waals surface area contributed by atoms with E-state index in [0.29, 0.717) is 6.61 Å². The molecule has 5 N–H and O–H groups in total. The fourth-order valence-corrected chi connectivity index (χ4v) is 4.69. The quantitative estimate of drug-likeness (QED) is 0.185. The van der Waals surface area contributed by atoms with Gasteiger partial charge in [0.15, 0.2) is 12.6 Å². The summed E-state index contributed by atoms with van der Waals surface area (Å²) < 4.78 is 22.7. The highest BCUT2D eigenvalue weighted by Gasteiger charge is 2.51. The minimum Gasteiger partial charge on any atom is -0.387 e. The molecule has 0 amide bonds. The van der Waals surface area contributed by atoms with Crippen LogP contribution in [0.25, 0.3) is 0 Å². The van der Waals surface area contributed by atoms with Gasteiger partial charge < -0.3 is 44.5 Å². The molecule has 11 heteroatoms. The summed E-state index contributed by atoms with van der Waals surface area (Å²) in [4.78, 5) is 10.2. The molecule has 0 unspecified atom stereocenters. The summed E-state index contributed by atoms with van der Waals surface area (Å²) in [5.74, 6) is 0. The van der Waals surface area contributed by atoms with Gasteiger partial charge in [-0.25, -0.2) is 9.78 Å². The minimum atomic E-state index is -1.57. The fraction of sp³-hybridized carbons (Fsp3) is 1.00. The second kappa shape index (κ2) is 15.1. The highest BCUT2D eigenvalue weighted by atomic mass is 17.2. The van der Waals surface area contributed by atoms with Crippen LogP contribution in [0.2, 0.25) is 0 Å². The van der Waals surface area contributed by atoms with E-state index < -0.39 is 61.4 Å². The molecule has 0 radical (unpaired) electrons. The Labute approximate surface area is 207 Å². The Hall–Kier alpha value is -0.440. The van der Waals surface area contributed by atoms with Gasteiger partial charge in [-0.2, -0.15) is 0 Å². The molecule has 3 heterocycles. The third-order valence-corrected chi connectivity index (χ3v) is 6.93. The van der Waals surface area contributed by atoms with Gasteiger partial charge in [0.2, 0.25) is 0 Å². The van der Waals surface area contributed by atoms with Crippen molar-refractivity contribution >= 4 is 0 Å². The molecule has 11 nitrogen and oxygen atoms in total. The Balaban J connectivity index is 1.42. The highest BCUT2D eigenvalue weighted by Crippen LogP contribution is 2.31. The standard InChI is InChI=1S/C24H44O11/c1-2-3-4-5-6-7-8-9-10-11-12-30-23-21(29)19(27)22-16(34-23)14-32-31-13-15-17(25)18(26)20(28)24(33-15)35-22/h15-29H,2-14H2,1H3/t15-,16-,17-,18+,19-,20-,21-,22-,23-,24-/m1/s1. The molecule has 0 aromatic carbocycles. The number of hydrogen-bond acceptors (Lipinski definition) is 11. The number of hydrogen-bond donors (Lipinski definition) is 5. The maximum Gasteiger partial charge on any atom is 0.187 e. The summed E-state index contributed by atoms with van der Waals surface area (Å²) in [6.45, 7) is 2.22. The summed E-state index contributed by atoms with van der Waals surface area (Å²) in [7, 11) is 0. The molecule has 3 aliphatic heterocycles. The second-order valence-corrected chi connectivity index (χ2v) is 9.76. The van der Waals surface area contributed by atoms with E-state index in [-0.39, 0.29) is 13.2 Å². The van der Waals surface area contributed by atoms with E-state index in [1.807, 2.05) is 0 Å². The molecule has 0 saturated carbocycles. The summed E-state index contributed by atoms with van der Waals surface area (Å²) in [5.41, 5.74) is 0. The maximum absolute atomic E-state index is 10.7. The van der Waals surface area contributed by atoms with Crippen LogP contribution in [0.4, 0.5) is 0 Å². The van der Waals surface area contributed by atoms with Gasteiger partial charge in [-0.3, -0.25) is 0 Å². The Kier molecular flexibility index (Phi) is 12.6. The van der Waals surface area contributed by atoms with Crippen molar-refractivity contribution < 1.29 is 54.3 Å². The minimum absolute atomic E-state index is 0.152. The molecule has 2 bridgehead atoms. The van der Waals surface area contributed by atoms with Crippen molar-refractivity contribution in [2.24, 2.45) is 0 Å². The van der Waals surface area contributed by atoms with E-state index in [4.69, 9.17) is 28.7 Å². The van der Waals surface area contributed by atoms with Crippen molar-refractivity contribution in [3.8, 4) is 0 Å². The maximum atomic E-state index is 10.7. The van der Waals surface area contributed by atoms with E-state index in [1.54, 1.807) is 0 Å². The number of aliphatic hydroxyl groups is 5. The van der Waals surface area contributed by atoms with Gasteiger partial charge in [-0.15, -0.1) is 0 Å². The number of ether oxygens (including phenoxy) is 4. The van der Waals surface area contributed by atoms with Gasteiger partial charge in [0.25, 0.3) is 0 Å². The summed E-state index contributed by atoms with van der Waals surface area (Å²) in [6.07, 6.45) is -1.01. The smallest absolute Gasteiger partial charge is 0.187 e. The number of fused-ring (bicyclic) bond motifs is 3. The van der Waals surface area contributed by atoms with E-state index in [9.17, 15) is 25.5 Å². The van der Waals surface area contributed by atoms with Crippen molar-refractivity contribution in [3.05, 3.63) is 0 Å². The van der Waals surface area contributed by atoms with Crippen molar-refractivity contribution in [2.75, 3.05) is 19.8 Å². The van der Waals surface area contributed by atoms with Crippen LogP contribution in [-0.4, -0.2) is 107 Å². The molecule has 0 aliphatic carbocycles. The van der Waals surface area contributed by atoms with Gasteiger partial charge in [0.05, 0.1) is 0 Å². The summed E-state index contributed by atoms with van der Waals surface area (Å²) >= 11 is 0. The first-order valence-electron chi connectivity index (χ1n) is 13.2. The first-order valence-corrected chi connectivity index (χ1v) is 13.2. The summed E-state index contributed by atoms with van der Waals surface area (Å²) in [5, 5.41) is 51.7. The van der Waals surface area contributed by atoms with Crippen LogP contribution in [0, 0.1) is 0 Å². The molecule has 0 aromatic rings. The highest BCUT2D eigenvalue weighted by molar-refractivity contribution is 4.94. The topological polar surface area (TPSA) is 157 Å². The van der Waals surface area contributed by atoms with Gasteiger partial charge >= 0.3 is 0 Å². The van der Waals surface area contributed by atoms with Gasteiger partial charge in [-0.05, 0) is 6.42 Å². The molecule has 3 saturated heterocycles. The van der Waals surface area contributed by atoms with Crippen LogP contribution < -0.4 is 0 Å². The first kappa shape index (κ1) is 29.1. The van der Waals surface area contributed by atoms with E-state index >= 15 is 0 Å². The van der Waals surface area contributed by atoms with Crippen molar-refractivity contribution in [2.45, 2.75) is 133 Å². The van der Waals surface area contributed by atoms with Gasteiger partial charge in [0, 0.05) is 6.61 Å². The van der Waals surface area contributed by atoms with Crippen LogP contribution >= 0.6 is 0 Å². The largest absolute Gasteiger partial charge is 0.387 e. The predicted molar refractivity (Wildman–Crippen MR) is 122 cm³/mol. The fourth-order valence-electron chi connectivity index (χ4n) is 4.69. The molecule has 0 aromatic heterocycles. The van der Waals surface area contributed by atoms with Gasteiger partial charge in [0.1, 0.15) is 62.0 Å². The third-order valence-electron chi connectivity index (χ3n) is 6.93. The average molecular weight is 509 g/mol. The molecule has 3 fully saturated rings. The van der Waals surface area contributed by atoms with Crippen molar-refractivity contribution in [3.63, 3.8) is 0 Å². The SMILES string of the molecule is CCCCCCCCCCCCO[C@@H]1O[C@@H]2COOC[C@H]3O[C@H](O[C@H]2[C@H](O)[C@H]1O)[C@H](O)[C@@H](O)[C@@H]3O. The Morgan fingerprint density at radius 3 is 1.86 bits per heavy atom. The first-order chi connectivity index (χ1) is 16.9. The second-order valence-electron chi connectivity index (χ2n) is 9.76. The lowest BCUT2D eigenvalue weighted by molar-refractivity contribution is -0.404. The lowest BCUT2D eigenvalue weighted by Gasteiger charge is -2.46. The molecule has 3 rings (SSSR count). The van der Waals surface area contributed by atoms with Crippen LogP contribution in [0.5, 0.6) is 0 Å². The normalized spacial score (nSPS) is 40.3. The van der Waals surface area contributed by atoms with Crippen LogP contribution in [0.15, 0.2) is 0 Å². The molecular formula is C24H44O11. The van der Waals surface area contributed by atoms with E-state index in [0.717, 1.165) is 19.3 Å². The Bertz CT molecular complexity index is 582. The lowest BCUT2D eigenvalue weighted by Crippen LogP contribution is -2.65. The van der Waals surface area contributed by atoms with E-state index in [2.05, 4.69) is 6.92 Å². The molecule has 3 aliphatic rings.